The fourth-order valence-corrected chi connectivity index (χ4v) is 11.8. The Morgan fingerprint density at radius 1 is 1.03 bits per heavy atom. The summed E-state index contributed by atoms with van der Waals surface area (Å²) in [6.07, 6.45) is 4.62. The van der Waals surface area contributed by atoms with Gasteiger partial charge in [0, 0.05) is 36.4 Å². The molecule has 69 heavy (non-hydrogen) atoms. The number of fused-ring (bicyclic) bond motifs is 3. The molecular weight excluding hydrogens is 946 g/mol. The summed E-state index contributed by atoms with van der Waals surface area (Å²) < 4.78 is 116. The summed E-state index contributed by atoms with van der Waals surface area (Å²) in [6.45, 7) is 7.24. The number of unbranched alkanes of at least 4 members (excludes halogenated alkanes) is 3. The summed E-state index contributed by atoms with van der Waals surface area (Å²) >= 11 is 0. The Labute approximate surface area is 402 Å². The van der Waals surface area contributed by atoms with E-state index < -0.39 is 95.9 Å². The van der Waals surface area contributed by atoms with Gasteiger partial charge in [-0.25, -0.2) is 30.9 Å². The molecule has 4 heterocycles. The second-order valence-corrected chi connectivity index (χ2v) is 24.3. The molecule has 2 aromatic rings. The van der Waals surface area contributed by atoms with Crippen LogP contribution in [-0.4, -0.2) is 122 Å². The molecule has 1 aromatic carbocycles. The molecule has 382 valence electrons. The molecule has 0 radical (unpaired) electrons. The number of hydrogen-bond donors (Lipinski definition) is 3. The van der Waals surface area contributed by atoms with E-state index in [4.69, 9.17) is 14.2 Å². The number of aromatic nitrogens is 1. The molecule has 7 rings (SSSR count). The van der Waals surface area contributed by atoms with Crippen molar-refractivity contribution < 1.29 is 63.4 Å². The smallest absolute Gasteiger partial charge is 0.437 e. The minimum atomic E-state index is -4.99. The maximum absolute atomic E-state index is 15.0. The van der Waals surface area contributed by atoms with Gasteiger partial charge in [0.15, 0.2) is 11.4 Å². The van der Waals surface area contributed by atoms with Crippen LogP contribution in [0.1, 0.15) is 116 Å². The van der Waals surface area contributed by atoms with Gasteiger partial charge in [-0.1, -0.05) is 45.8 Å². The fraction of sp³-hybridized carbons (Fsp3) is 0.681. The standard InChI is InChI=1S/C47H65F3N6O11S2/c1-6-7-8-9-10-11-32-14-19-46(32,42(59)54-69(63,64)44(4)20-21-44)53-41(58)37-25-45(29-56(37)38(57)26-51-43(60)66-27-30(2)3)18-15-34-35-24-33(65-28-31-16-22-55(23-17-31)68(5,61)62)12-13-36(35)52-40(39(34)67-45)47(48,49)50/h10-13,24,30-32,37H,6-9,14-23,25-29H2,1-5H3,(H,51,60)(H,53,58)(H,54,59). The molecule has 3 aliphatic heterocycles. The van der Waals surface area contributed by atoms with E-state index in [-0.39, 0.29) is 68.4 Å². The van der Waals surface area contributed by atoms with Crippen molar-refractivity contribution in [3.8, 4) is 11.5 Å². The predicted octanol–water partition coefficient (Wildman–Crippen LogP) is 5.75. The zero-order valence-electron chi connectivity index (χ0n) is 39.9. The molecule has 5 aliphatic rings. The Hall–Kier alpha value is -4.70. The third kappa shape index (κ3) is 11.6. The minimum absolute atomic E-state index is 0.00879. The van der Waals surface area contributed by atoms with Crippen LogP contribution in [-0.2, 0) is 51.8 Å². The van der Waals surface area contributed by atoms with E-state index >= 15 is 0 Å². The summed E-state index contributed by atoms with van der Waals surface area (Å²) in [4.78, 5) is 60.9. The van der Waals surface area contributed by atoms with E-state index in [0.29, 0.717) is 62.8 Å². The van der Waals surface area contributed by atoms with Gasteiger partial charge in [0.2, 0.25) is 31.9 Å². The van der Waals surface area contributed by atoms with Crippen LogP contribution in [0.2, 0.25) is 0 Å². The highest BCUT2D eigenvalue weighted by molar-refractivity contribution is 7.91. The zero-order valence-corrected chi connectivity index (χ0v) is 41.5. The molecule has 4 amide bonds. The Bertz CT molecular complexity index is 2550. The van der Waals surface area contributed by atoms with Crippen molar-refractivity contribution >= 4 is 54.8 Å². The molecule has 4 atom stereocenters. The molecule has 1 aromatic heterocycles. The Morgan fingerprint density at radius 3 is 2.38 bits per heavy atom. The predicted molar refractivity (Wildman–Crippen MR) is 249 cm³/mol. The first-order chi connectivity index (χ1) is 32.4. The first-order valence-corrected chi connectivity index (χ1v) is 27.3. The lowest BCUT2D eigenvalue weighted by atomic mass is 9.65. The number of likely N-dealkylation sites (tertiary alicyclic amines) is 1. The van der Waals surface area contributed by atoms with Crippen molar-refractivity contribution in [3.63, 3.8) is 0 Å². The van der Waals surface area contributed by atoms with Crippen molar-refractivity contribution in [2.45, 2.75) is 139 Å². The van der Waals surface area contributed by atoms with Crippen molar-refractivity contribution in [1.29, 1.82) is 0 Å². The highest BCUT2D eigenvalue weighted by atomic mass is 32.2. The number of nitrogens with zero attached hydrogens (tertiary/aromatic N) is 3. The van der Waals surface area contributed by atoms with Gasteiger partial charge in [0.25, 0.3) is 5.91 Å². The van der Waals surface area contributed by atoms with E-state index in [1.807, 2.05) is 19.9 Å². The quantitative estimate of drug-likeness (QED) is 0.120. The van der Waals surface area contributed by atoms with E-state index in [1.165, 1.54) is 29.6 Å². The van der Waals surface area contributed by atoms with Gasteiger partial charge in [-0.3, -0.25) is 19.1 Å². The normalized spacial score (nSPS) is 25.0. The Balaban J connectivity index is 1.18. The molecule has 2 aliphatic carbocycles. The van der Waals surface area contributed by atoms with Crippen LogP contribution in [0.15, 0.2) is 30.4 Å². The molecule has 3 N–H and O–H groups in total. The van der Waals surface area contributed by atoms with Crippen LogP contribution in [0.25, 0.3) is 10.9 Å². The summed E-state index contributed by atoms with van der Waals surface area (Å²) in [6, 6.07) is 3.12. The minimum Gasteiger partial charge on any atom is -0.493 e. The molecule has 4 fully saturated rings. The summed E-state index contributed by atoms with van der Waals surface area (Å²) in [5.74, 6) is -3.31. The number of piperidine rings is 1. The maximum Gasteiger partial charge on any atom is 0.437 e. The number of alkyl carbamates (subject to hydrolysis) is 1. The zero-order chi connectivity index (χ0) is 50.2. The number of amides is 4. The molecule has 0 bridgehead atoms. The first-order valence-electron chi connectivity index (χ1n) is 24.0. The summed E-state index contributed by atoms with van der Waals surface area (Å²) in [5.41, 5.74) is -4.36. The second kappa shape index (κ2) is 20.2. The lowest BCUT2D eigenvalue weighted by Crippen LogP contribution is -2.70. The number of carbonyl (C=O) groups is 4. The average Bonchev–Trinajstić information content (AvgIpc) is 3.95. The third-order valence-corrected chi connectivity index (χ3v) is 17.8. The topological polar surface area (TPSA) is 220 Å². The Kier molecular flexibility index (Phi) is 15.3. The largest absolute Gasteiger partial charge is 0.493 e. The maximum atomic E-state index is 15.0. The van der Waals surface area contributed by atoms with Gasteiger partial charge in [-0.05, 0) is 101 Å². The number of ether oxygens (including phenoxy) is 3. The van der Waals surface area contributed by atoms with Crippen molar-refractivity contribution in [1.82, 2.24) is 29.5 Å². The summed E-state index contributed by atoms with van der Waals surface area (Å²) in [5, 5.41) is 5.58. The van der Waals surface area contributed by atoms with Crippen LogP contribution in [0.5, 0.6) is 11.5 Å². The van der Waals surface area contributed by atoms with Gasteiger partial charge in [0.05, 0.1) is 36.3 Å². The molecule has 22 heteroatoms. The number of alkyl halides is 3. The summed E-state index contributed by atoms with van der Waals surface area (Å²) in [7, 11) is -7.47. The highest BCUT2D eigenvalue weighted by Crippen LogP contribution is 2.49. The molecule has 2 saturated heterocycles. The molecule has 17 nitrogen and oxygen atoms in total. The second-order valence-electron chi connectivity index (χ2n) is 20.1. The number of nitrogens with one attached hydrogen (secondary N) is 3. The average molecular weight is 1010 g/mol. The van der Waals surface area contributed by atoms with Crippen LogP contribution < -0.4 is 24.8 Å². The van der Waals surface area contributed by atoms with Crippen molar-refractivity contribution in [2.24, 2.45) is 17.8 Å². The fourth-order valence-electron chi connectivity index (χ4n) is 9.63. The van der Waals surface area contributed by atoms with Crippen molar-refractivity contribution in [2.75, 3.05) is 45.6 Å². The number of hydrogen-bond acceptors (Lipinski definition) is 12. The van der Waals surface area contributed by atoms with Gasteiger partial charge in [0.1, 0.15) is 29.5 Å². The number of aryl methyl sites for hydroxylation is 1. The Morgan fingerprint density at radius 2 is 1.75 bits per heavy atom. The number of sulfonamides is 2. The number of benzene rings is 1. The van der Waals surface area contributed by atoms with Crippen LogP contribution in [0, 0.1) is 17.8 Å². The molecular formula is C47H65F3N6O11S2. The van der Waals surface area contributed by atoms with Crippen LogP contribution >= 0.6 is 0 Å². The van der Waals surface area contributed by atoms with Crippen molar-refractivity contribution in [3.05, 3.63) is 41.6 Å². The lowest BCUT2D eigenvalue weighted by molar-refractivity contribution is -0.144. The molecule has 2 saturated carbocycles. The number of halogens is 3. The van der Waals surface area contributed by atoms with Crippen LogP contribution in [0.4, 0.5) is 18.0 Å². The van der Waals surface area contributed by atoms with Gasteiger partial charge < -0.3 is 29.7 Å². The SMILES string of the molecule is CCCCCC=CC1CCC1(NC(=O)C1CC2(CCc3c(c(C(F)(F)F)nc4ccc(OCC5CCN(S(C)(=O)=O)CC5)cc34)O2)CN1C(=O)CNC(=O)OCC(C)C)C(=O)NS(=O)(=O)C1(C)CC1. The van der Waals surface area contributed by atoms with Gasteiger partial charge in [-0.15, -0.1) is 0 Å². The van der Waals surface area contributed by atoms with Crippen LogP contribution in [0.3, 0.4) is 0 Å². The number of pyridine rings is 1. The van der Waals surface area contributed by atoms with E-state index in [1.54, 1.807) is 12.1 Å². The van der Waals surface area contributed by atoms with Gasteiger partial charge >= 0.3 is 12.3 Å². The number of allylic oxidation sites excluding steroid dienone is 1. The molecule has 1 spiro atoms. The molecule has 4 unspecified atom stereocenters. The lowest BCUT2D eigenvalue weighted by Gasteiger charge is -2.47. The van der Waals surface area contributed by atoms with Gasteiger partial charge in [-0.2, -0.15) is 13.2 Å². The first kappa shape index (κ1) is 52.1. The van der Waals surface area contributed by atoms with E-state index in [0.717, 1.165) is 24.2 Å². The highest BCUT2D eigenvalue weighted by Gasteiger charge is 2.60. The van der Waals surface area contributed by atoms with E-state index in [9.17, 15) is 49.2 Å². The van der Waals surface area contributed by atoms with E-state index in [2.05, 4.69) is 27.3 Å². The third-order valence-electron chi connectivity index (χ3n) is 14.3. The number of rotatable bonds is 18. The monoisotopic (exact) mass is 1010 g/mol. The number of carbonyl (C=O) groups excluding carboxylic acids is 4.